The highest BCUT2D eigenvalue weighted by Gasteiger charge is 2.39. The van der Waals surface area contributed by atoms with Crippen LogP contribution in [-0.4, -0.2) is 187 Å². The largest absolute Gasteiger partial charge is 0.368 e. The Hall–Kier alpha value is -7.58. The summed E-state index contributed by atoms with van der Waals surface area (Å²) in [6, 6.07) is -15.3. The van der Waals surface area contributed by atoms with Crippen molar-refractivity contribution in [3.8, 4) is 0 Å². The van der Waals surface area contributed by atoms with E-state index in [1.54, 1.807) is 0 Å². The Morgan fingerprint density at radius 3 is 0.455 bits per heavy atom. The number of nitrogens with one attached hydrogen (secondary N) is 13. The van der Waals surface area contributed by atoms with Gasteiger partial charge in [-0.2, -0.15) is 0 Å². The molecular weight excluding hydrogens is 1440 g/mol. The van der Waals surface area contributed by atoms with Crippen molar-refractivity contribution in [1.29, 1.82) is 0 Å². The van der Waals surface area contributed by atoms with E-state index in [-0.39, 0.29) is 143 Å². The van der Waals surface area contributed by atoms with Crippen LogP contribution < -0.4 is 97.8 Å². The predicted octanol–water partition coefficient (Wildman–Crippen LogP) is 2.72. The van der Waals surface area contributed by atoms with E-state index in [9.17, 15) is 67.1 Å². The maximum atomic E-state index is 14.8. The quantitative estimate of drug-likeness (QED) is 0.0389. The smallest absolute Gasteiger partial charge is 0.243 e. The SMILES string of the molecule is CC(=O)N[C@@H](CC(C)C)C(=O)N[C@@H](CC(C)C)C(=O)N[C@@H](CCCCN)C(=O)N[C@@H](CC(C)C)C(=O)N[C@@H](CC(C)C)C(=O)N[C@@H](CCCCN)C(=O)N[C@@H](CC(C)C)C(=O)N[C@@H](CC(C)C)C(=O)N[C@@H](CCCCN)C(=O)N[C@@H](CC(C)C)C(=O)N[C@@H](CC(C)C)C(=O)N[C@@H](CCCCN)C(=O)N[C@@H](CC(C)C)C(N)=O. The van der Waals surface area contributed by atoms with Gasteiger partial charge in [0.25, 0.3) is 0 Å². The lowest BCUT2D eigenvalue weighted by atomic mass is 9.98. The van der Waals surface area contributed by atoms with Crippen LogP contribution in [-0.2, 0) is 67.1 Å². The lowest BCUT2D eigenvalue weighted by Gasteiger charge is -2.30. The first-order chi connectivity index (χ1) is 52.4. The van der Waals surface area contributed by atoms with E-state index in [0.29, 0.717) is 70.9 Å². The van der Waals surface area contributed by atoms with Crippen molar-refractivity contribution >= 4 is 82.7 Å². The fourth-order valence-electron chi connectivity index (χ4n) is 12.9. The minimum atomic E-state index is -1.28. The number of primary amides is 1. The number of rotatable bonds is 60. The van der Waals surface area contributed by atoms with Gasteiger partial charge >= 0.3 is 0 Å². The number of carbonyl (C=O) groups is 14. The molecule has 0 heterocycles. The Labute approximate surface area is 669 Å². The van der Waals surface area contributed by atoms with E-state index in [1.807, 2.05) is 125 Å². The number of hydrogen-bond donors (Lipinski definition) is 18. The van der Waals surface area contributed by atoms with Gasteiger partial charge in [0, 0.05) is 6.92 Å². The first-order valence-corrected chi connectivity index (χ1v) is 41.4. The molecule has 112 heavy (non-hydrogen) atoms. The topological polar surface area (TPSA) is 525 Å². The fraction of sp³-hybridized carbons (Fsp3) is 0.825. The summed E-state index contributed by atoms with van der Waals surface area (Å²) in [5.74, 6) is -10.6. The van der Waals surface area contributed by atoms with Gasteiger partial charge in [-0.1, -0.05) is 125 Å². The van der Waals surface area contributed by atoms with Crippen LogP contribution in [0.15, 0.2) is 0 Å². The lowest BCUT2D eigenvalue weighted by molar-refractivity contribution is -0.137. The van der Waals surface area contributed by atoms with Crippen LogP contribution in [0.2, 0.25) is 0 Å². The molecule has 13 atom stereocenters. The van der Waals surface area contributed by atoms with Crippen LogP contribution in [0.5, 0.6) is 0 Å². The normalized spacial score (nSPS) is 15.2. The zero-order valence-electron chi connectivity index (χ0n) is 71.5. The number of unbranched alkanes of at least 4 members (excludes halogenated alkanes) is 4. The average Bonchev–Trinajstić information content (AvgIpc) is 0.875. The molecule has 32 nitrogen and oxygen atoms in total. The number of carbonyl (C=O) groups excluding carboxylic acids is 14. The molecule has 0 saturated heterocycles. The minimum Gasteiger partial charge on any atom is -0.368 e. The van der Waals surface area contributed by atoms with Gasteiger partial charge in [-0.25, -0.2) is 0 Å². The summed E-state index contributed by atoms with van der Waals surface area (Å²) in [4.78, 5) is 198. The van der Waals surface area contributed by atoms with E-state index in [4.69, 9.17) is 28.7 Å². The molecule has 32 heteroatoms. The summed E-state index contributed by atoms with van der Waals surface area (Å²) in [6.07, 6.45) is 5.31. The second kappa shape index (κ2) is 56.6. The maximum Gasteiger partial charge on any atom is 0.243 e. The van der Waals surface area contributed by atoms with Gasteiger partial charge in [-0.15, -0.1) is 0 Å². The third kappa shape index (κ3) is 45.3. The van der Waals surface area contributed by atoms with Gasteiger partial charge in [0.2, 0.25) is 82.7 Å². The third-order valence-electron chi connectivity index (χ3n) is 18.5. The Balaban J connectivity index is 7.29. The monoisotopic (exact) mass is 1590 g/mol. The standard InChI is InChI=1S/C80H152N18O14/c1-45(2)36-59(68(85)100)91-69(101)55(28-20-24-32-81)87-75(107)62(39-48(7)8)96-78(110)65(42-51(13)14)93-71(103)57(30-22-26-34-83)89-77(109)64(41-50(11)12)98-80(112)67(44-53(17)18)94-72(104)58(31-23-27-35-84)90-76(108)63(40-49(9)10)97-79(111)66(43-52(15)16)92-70(102)56(29-21-25-33-82)88-74(106)61(38-47(5)6)95-73(105)60(37-46(3)4)86-54(19)99/h45-53,55-67H,20-44,81-84H2,1-19H3,(H2,85,100)(H,86,99)(H,87,107)(H,88,106)(H,89,109)(H,90,108)(H,91,101)(H,92,102)(H,93,103)(H,94,104)(H,95,105)(H,96,110)(H,97,111)(H,98,112)/t55-,56-,57-,58-,59-,60-,61-,62-,63-,64-,65-,66-,67-/m0/s1. The molecule has 0 aromatic carbocycles. The molecule has 0 spiro atoms. The van der Waals surface area contributed by atoms with Crippen molar-refractivity contribution in [2.45, 2.75) is 345 Å². The zero-order valence-corrected chi connectivity index (χ0v) is 71.5. The predicted molar refractivity (Wildman–Crippen MR) is 437 cm³/mol. The van der Waals surface area contributed by atoms with Crippen molar-refractivity contribution in [1.82, 2.24) is 69.1 Å². The van der Waals surface area contributed by atoms with Gasteiger partial charge in [0.15, 0.2) is 0 Å². The van der Waals surface area contributed by atoms with Crippen LogP contribution >= 0.6 is 0 Å². The fourth-order valence-corrected chi connectivity index (χ4v) is 12.9. The Bertz CT molecular complexity index is 2890. The molecule has 0 aromatic rings. The molecule has 0 fully saturated rings. The molecule has 14 amide bonds. The first-order valence-electron chi connectivity index (χ1n) is 41.4. The van der Waals surface area contributed by atoms with Crippen molar-refractivity contribution in [2.75, 3.05) is 26.2 Å². The highest BCUT2D eigenvalue weighted by Crippen LogP contribution is 2.19. The molecule has 0 aliphatic heterocycles. The Kier molecular flexibility index (Phi) is 52.8. The molecule has 0 radical (unpaired) electrons. The average molecular weight is 1590 g/mol. The molecule has 646 valence electrons. The van der Waals surface area contributed by atoms with Crippen molar-refractivity contribution in [3.05, 3.63) is 0 Å². The summed E-state index contributed by atoms with van der Waals surface area (Å²) in [6.45, 7) is 35.8. The van der Waals surface area contributed by atoms with Crippen LogP contribution in [0, 0.1) is 53.3 Å². The first kappa shape index (κ1) is 104. The molecular formula is C80H152N18O14. The molecule has 23 N–H and O–H groups in total. The summed E-state index contributed by atoms with van der Waals surface area (Å²) in [7, 11) is 0. The van der Waals surface area contributed by atoms with Gasteiger partial charge < -0.3 is 97.8 Å². The third-order valence-corrected chi connectivity index (χ3v) is 18.5. The molecule has 0 aliphatic carbocycles. The van der Waals surface area contributed by atoms with Crippen molar-refractivity contribution in [3.63, 3.8) is 0 Å². The Morgan fingerprint density at radius 1 is 0.196 bits per heavy atom. The highest BCUT2D eigenvalue weighted by molar-refractivity contribution is 6.00. The summed E-state index contributed by atoms with van der Waals surface area (Å²) in [5.41, 5.74) is 29.1. The van der Waals surface area contributed by atoms with Crippen LogP contribution in [0.25, 0.3) is 0 Å². The molecule has 0 unspecified atom stereocenters. The number of hydrogen-bond acceptors (Lipinski definition) is 18. The van der Waals surface area contributed by atoms with Gasteiger partial charge in [-0.3, -0.25) is 67.1 Å². The molecule has 0 aliphatic rings. The van der Waals surface area contributed by atoms with Crippen molar-refractivity contribution < 1.29 is 67.1 Å². The molecule has 0 bridgehead atoms. The second-order valence-corrected chi connectivity index (χ2v) is 34.2. The summed E-state index contributed by atoms with van der Waals surface area (Å²) in [5, 5.41) is 36.5. The maximum absolute atomic E-state index is 14.8. The van der Waals surface area contributed by atoms with Crippen LogP contribution in [0.1, 0.15) is 266 Å². The van der Waals surface area contributed by atoms with E-state index < -0.39 is 161 Å². The Morgan fingerprint density at radius 2 is 0.321 bits per heavy atom. The van der Waals surface area contributed by atoms with E-state index in [1.165, 1.54) is 6.92 Å². The second-order valence-electron chi connectivity index (χ2n) is 34.2. The minimum absolute atomic E-state index is 0.00487. The number of nitrogens with two attached hydrogens (primary N) is 5. The van der Waals surface area contributed by atoms with Gasteiger partial charge in [0.05, 0.1) is 0 Å². The van der Waals surface area contributed by atoms with Gasteiger partial charge in [0.1, 0.15) is 78.5 Å². The van der Waals surface area contributed by atoms with Gasteiger partial charge in [-0.05, 0) is 214 Å². The zero-order chi connectivity index (χ0) is 85.7. The van der Waals surface area contributed by atoms with E-state index in [0.717, 1.165) is 0 Å². The molecule has 0 saturated carbocycles. The van der Waals surface area contributed by atoms with Crippen molar-refractivity contribution in [2.24, 2.45) is 81.9 Å². The van der Waals surface area contributed by atoms with E-state index >= 15 is 0 Å². The molecule has 0 rings (SSSR count). The molecule has 0 aromatic heterocycles. The van der Waals surface area contributed by atoms with E-state index in [2.05, 4.69) is 69.1 Å². The number of amides is 14. The highest BCUT2D eigenvalue weighted by atomic mass is 16.2. The summed E-state index contributed by atoms with van der Waals surface area (Å²) < 4.78 is 0. The summed E-state index contributed by atoms with van der Waals surface area (Å²) >= 11 is 0. The lowest BCUT2D eigenvalue weighted by Crippen LogP contribution is -2.61. The van der Waals surface area contributed by atoms with Crippen LogP contribution in [0.4, 0.5) is 0 Å². The van der Waals surface area contributed by atoms with Crippen LogP contribution in [0.3, 0.4) is 0 Å².